The molecule has 0 aliphatic carbocycles. The van der Waals surface area contributed by atoms with E-state index in [1.807, 2.05) is 30.2 Å². The van der Waals surface area contributed by atoms with Gasteiger partial charge in [-0.1, -0.05) is 20.8 Å². The van der Waals surface area contributed by atoms with Crippen LogP contribution in [-0.2, 0) is 4.79 Å². The molecule has 2 fully saturated rings. The summed E-state index contributed by atoms with van der Waals surface area (Å²) in [6, 6.07) is 4.03. The SMILES string of the molecule is CCN1CCC2(CC1)C(=O)N(c1ccc(C)nc1)CCN2CC(C)C. The van der Waals surface area contributed by atoms with Crippen molar-refractivity contribution in [1.82, 2.24) is 14.8 Å². The highest BCUT2D eigenvalue weighted by atomic mass is 16.2. The third kappa shape index (κ3) is 3.58. The van der Waals surface area contributed by atoms with Gasteiger partial charge in [0.05, 0.1) is 11.9 Å². The molecule has 1 spiro atoms. The van der Waals surface area contributed by atoms with Gasteiger partial charge in [-0.3, -0.25) is 14.7 Å². The normalized spacial score (nSPS) is 22.1. The van der Waals surface area contributed by atoms with Gasteiger partial charge in [0.1, 0.15) is 5.54 Å². The van der Waals surface area contributed by atoms with E-state index in [1.54, 1.807) is 0 Å². The number of amides is 1. The molecule has 138 valence electrons. The first kappa shape index (κ1) is 18.3. The number of aryl methyl sites for hydroxylation is 1. The quantitative estimate of drug-likeness (QED) is 0.842. The fourth-order valence-corrected chi connectivity index (χ4v) is 4.26. The summed E-state index contributed by atoms with van der Waals surface area (Å²) in [5.41, 5.74) is 1.59. The lowest BCUT2D eigenvalue weighted by Crippen LogP contribution is -2.69. The predicted octanol–water partition coefficient (Wildman–Crippen LogP) is 2.55. The molecule has 1 amide bonds. The Morgan fingerprint density at radius 2 is 1.88 bits per heavy atom. The fourth-order valence-electron chi connectivity index (χ4n) is 4.26. The van der Waals surface area contributed by atoms with Gasteiger partial charge >= 0.3 is 0 Å². The number of hydrogen-bond donors (Lipinski definition) is 0. The van der Waals surface area contributed by atoms with Gasteiger partial charge in [-0.05, 0) is 44.4 Å². The second kappa shape index (κ2) is 7.42. The minimum atomic E-state index is -0.334. The molecule has 25 heavy (non-hydrogen) atoms. The number of carbonyl (C=O) groups is 1. The summed E-state index contributed by atoms with van der Waals surface area (Å²) in [6.07, 6.45) is 3.71. The molecule has 2 saturated heterocycles. The maximum atomic E-state index is 13.6. The fraction of sp³-hybridized carbons (Fsp3) is 0.700. The average Bonchev–Trinajstić information content (AvgIpc) is 2.61. The lowest BCUT2D eigenvalue weighted by molar-refractivity contribution is -0.138. The van der Waals surface area contributed by atoms with Crippen molar-refractivity contribution >= 4 is 11.6 Å². The average molecular weight is 345 g/mol. The summed E-state index contributed by atoms with van der Waals surface area (Å²) in [7, 11) is 0. The number of piperazine rings is 1. The van der Waals surface area contributed by atoms with Crippen LogP contribution in [0.2, 0.25) is 0 Å². The molecule has 0 aromatic carbocycles. The number of nitrogens with zero attached hydrogens (tertiary/aromatic N) is 4. The molecule has 5 heteroatoms. The second-order valence-electron chi connectivity index (χ2n) is 7.92. The van der Waals surface area contributed by atoms with E-state index < -0.39 is 0 Å². The van der Waals surface area contributed by atoms with Crippen LogP contribution in [0, 0.1) is 12.8 Å². The minimum Gasteiger partial charge on any atom is -0.308 e. The monoisotopic (exact) mass is 344 g/mol. The molecule has 0 N–H and O–H groups in total. The van der Waals surface area contributed by atoms with Gasteiger partial charge in [-0.2, -0.15) is 0 Å². The van der Waals surface area contributed by atoms with Gasteiger partial charge in [0.15, 0.2) is 0 Å². The van der Waals surface area contributed by atoms with Crippen LogP contribution in [-0.4, -0.2) is 65.5 Å². The van der Waals surface area contributed by atoms with Crippen LogP contribution in [0.4, 0.5) is 5.69 Å². The Morgan fingerprint density at radius 1 is 1.16 bits per heavy atom. The van der Waals surface area contributed by atoms with E-state index in [1.165, 1.54) is 0 Å². The third-order valence-corrected chi connectivity index (χ3v) is 5.77. The Kier molecular flexibility index (Phi) is 5.44. The number of piperidine rings is 1. The van der Waals surface area contributed by atoms with Crippen LogP contribution in [0.25, 0.3) is 0 Å². The summed E-state index contributed by atoms with van der Waals surface area (Å²) in [4.78, 5) is 24.9. The zero-order valence-corrected chi connectivity index (χ0v) is 16.2. The summed E-state index contributed by atoms with van der Waals surface area (Å²) >= 11 is 0. The molecule has 0 bridgehead atoms. The molecule has 0 saturated carbocycles. The van der Waals surface area contributed by atoms with Gasteiger partial charge in [0.25, 0.3) is 0 Å². The van der Waals surface area contributed by atoms with Crippen LogP contribution in [0.15, 0.2) is 18.3 Å². The lowest BCUT2D eigenvalue weighted by Gasteiger charge is -2.53. The molecule has 1 aromatic rings. The molecular formula is C20H32N4O. The van der Waals surface area contributed by atoms with Gasteiger partial charge in [-0.15, -0.1) is 0 Å². The molecule has 0 atom stereocenters. The number of likely N-dealkylation sites (tertiary alicyclic amines) is 1. The number of carbonyl (C=O) groups excluding carboxylic acids is 1. The topological polar surface area (TPSA) is 39.7 Å². The lowest BCUT2D eigenvalue weighted by atomic mass is 9.81. The number of anilines is 1. The Balaban J connectivity index is 1.88. The van der Waals surface area contributed by atoms with Gasteiger partial charge in [-0.25, -0.2) is 0 Å². The van der Waals surface area contributed by atoms with Crippen LogP contribution < -0.4 is 4.90 Å². The maximum Gasteiger partial charge on any atom is 0.247 e. The first-order valence-corrected chi connectivity index (χ1v) is 9.68. The van der Waals surface area contributed by atoms with E-state index in [2.05, 4.69) is 35.6 Å². The highest BCUT2D eigenvalue weighted by Crippen LogP contribution is 2.36. The molecule has 5 nitrogen and oxygen atoms in total. The van der Waals surface area contributed by atoms with Crippen molar-refractivity contribution < 1.29 is 4.79 Å². The molecule has 3 heterocycles. The first-order chi connectivity index (χ1) is 12.0. The number of aromatic nitrogens is 1. The van der Waals surface area contributed by atoms with Gasteiger partial charge in [0, 0.05) is 38.4 Å². The minimum absolute atomic E-state index is 0.279. The molecule has 0 radical (unpaired) electrons. The van der Waals surface area contributed by atoms with Crippen molar-refractivity contribution in [3.8, 4) is 0 Å². The van der Waals surface area contributed by atoms with Crippen LogP contribution >= 0.6 is 0 Å². The number of rotatable bonds is 4. The molecule has 2 aliphatic heterocycles. The van der Waals surface area contributed by atoms with Gasteiger partial charge < -0.3 is 9.80 Å². The highest BCUT2D eigenvalue weighted by Gasteiger charge is 2.50. The highest BCUT2D eigenvalue weighted by molar-refractivity contribution is 6.01. The molecule has 1 aromatic heterocycles. The zero-order chi connectivity index (χ0) is 18.0. The number of pyridine rings is 1. The first-order valence-electron chi connectivity index (χ1n) is 9.68. The van der Waals surface area contributed by atoms with E-state index in [9.17, 15) is 4.79 Å². The Hall–Kier alpha value is -1.46. The van der Waals surface area contributed by atoms with E-state index in [-0.39, 0.29) is 11.4 Å². The second-order valence-corrected chi connectivity index (χ2v) is 7.92. The van der Waals surface area contributed by atoms with Crippen molar-refractivity contribution in [2.75, 3.05) is 44.2 Å². The van der Waals surface area contributed by atoms with Crippen molar-refractivity contribution in [3.05, 3.63) is 24.0 Å². The van der Waals surface area contributed by atoms with E-state index in [0.29, 0.717) is 5.92 Å². The molecule has 2 aliphatic rings. The summed E-state index contributed by atoms with van der Waals surface area (Å²) < 4.78 is 0. The molecule has 3 rings (SSSR count). The summed E-state index contributed by atoms with van der Waals surface area (Å²) in [6.45, 7) is 14.5. The maximum absolute atomic E-state index is 13.6. The summed E-state index contributed by atoms with van der Waals surface area (Å²) in [5, 5.41) is 0. The van der Waals surface area contributed by atoms with E-state index >= 15 is 0 Å². The van der Waals surface area contributed by atoms with E-state index in [0.717, 1.165) is 63.5 Å². The third-order valence-electron chi connectivity index (χ3n) is 5.77. The van der Waals surface area contributed by atoms with Crippen LogP contribution in [0.1, 0.15) is 39.3 Å². The van der Waals surface area contributed by atoms with Crippen molar-refractivity contribution in [2.45, 2.75) is 46.1 Å². The van der Waals surface area contributed by atoms with E-state index in [4.69, 9.17) is 0 Å². The van der Waals surface area contributed by atoms with Crippen molar-refractivity contribution in [3.63, 3.8) is 0 Å². The van der Waals surface area contributed by atoms with Crippen molar-refractivity contribution in [1.29, 1.82) is 0 Å². The van der Waals surface area contributed by atoms with Crippen LogP contribution in [0.5, 0.6) is 0 Å². The molecular weight excluding hydrogens is 312 g/mol. The Morgan fingerprint density at radius 3 is 2.44 bits per heavy atom. The van der Waals surface area contributed by atoms with Gasteiger partial charge in [0.2, 0.25) is 5.91 Å². The van der Waals surface area contributed by atoms with Crippen LogP contribution in [0.3, 0.4) is 0 Å². The van der Waals surface area contributed by atoms with Crippen molar-refractivity contribution in [2.24, 2.45) is 5.92 Å². The Bertz CT molecular complexity index is 590. The largest absolute Gasteiger partial charge is 0.308 e. The number of hydrogen-bond acceptors (Lipinski definition) is 4. The summed E-state index contributed by atoms with van der Waals surface area (Å²) in [5.74, 6) is 0.849. The smallest absolute Gasteiger partial charge is 0.247 e. The zero-order valence-electron chi connectivity index (χ0n) is 16.2. The standard InChI is InChI=1S/C20H32N4O/c1-5-22-10-8-20(9-11-22)19(25)24(13-12-23(20)15-16(2)3)18-7-6-17(4)21-14-18/h6-7,14,16H,5,8-13,15H2,1-4H3. The predicted molar refractivity (Wildman–Crippen MR) is 102 cm³/mol. The Labute approximate surface area is 152 Å². The molecule has 0 unspecified atom stereocenters.